The quantitative estimate of drug-likeness (QED) is 0.274. The summed E-state index contributed by atoms with van der Waals surface area (Å²) in [5.74, 6) is -0.0442. The molecule has 0 radical (unpaired) electrons. The summed E-state index contributed by atoms with van der Waals surface area (Å²) in [5, 5.41) is 20.3. The van der Waals surface area contributed by atoms with Crippen molar-refractivity contribution >= 4 is 103 Å². The molecule has 1 heterocycles. The Morgan fingerprint density at radius 1 is 0.767 bits per heavy atom. The van der Waals surface area contributed by atoms with Crippen molar-refractivity contribution in [1.82, 2.24) is 0 Å². The van der Waals surface area contributed by atoms with E-state index in [-0.39, 0.29) is 46.0 Å². The summed E-state index contributed by atoms with van der Waals surface area (Å²) < 4.78 is 33.1. The van der Waals surface area contributed by atoms with Gasteiger partial charge < -0.3 is 10.2 Å². The zero-order valence-corrected chi connectivity index (χ0v) is 21.3. The molecule has 0 aromatic heterocycles. The molecule has 0 atom stereocenters. The van der Waals surface area contributed by atoms with Crippen molar-refractivity contribution in [1.29, 1.82) is 0 Å². The third kappa shape index (κ3) is 3.86. The Labute approximate surface area is 228 Å². The van der Waals surface area contributed by atoms with Crippen molar-refractivity contribution < 1.29 is 22.8 Å². The molecule has 0 fully saturated rings. The molecule has 4 rings (SSSR count). The van der Waals surface area contributed by atoms with Crippen LogP contribution < -0.4 is 0 Å². The SMILES string of the molecule is O=S1(=O)OC(c2cc(Br)c(O)c(Br)c2)(c2cc(Br)c(O)c(Br)c2)c2ccccc21.[NaH]. The summed E-state index contributed by atoms with van der Waals surface area (Å²) in [6, 6.07) is 12.9. The van der Waals surface area contributed by atoms with Crippen LogP contribution >= 0.6 is 63.7 Å². The van der Waals surface area contributed by atoms with E-state index in [1.807, 2.05) is 0 Å². The molecule has 0 saturated carbocycles. The van der Waals surface area contributed by atoms with Crippen LogP contribution in [0.3, 0.4) is 0 Å². The number of phenolic OH excluding ortho intramolecular Hbond substituents is 2. The van der Waals surface area contributed by atoms with E-state index in [9.17, 15) is 18.6 Å². The Bertz CT molecular complexity index is 1180. The van der Waals surface area contributed by atoms with E-state index in [0.29, 0.717) is 34.6 Å². The van der Waals surface area contributed by atoms with Crippen LogP contribution in [-0.2, 0) is 19.9 Å². The Morgan fingerprint density at radius 2 is 1.17 bits per heavy atom. The normalized spacial score (nSPS) is 16.0. The number of fused-ring (bicyclic) bond motifs is 1. The van der Waals surface area contributed by atoms with E-state index in [1.54, 1.807) is 42.5 Å². The van der Waals surface area contributed by atoms with Gasteiger partial charge >= 0.3 is 29.6 Å². The van der Waals surface area contributed by atoms with E-state index in [1.165, 1.54) is 6.07 Å². The van der Waals surface area contributed by atoms with Crippen LogP contribution in [0.1, 0.15) is 16.7 Å². The number of aromatic hydroxyl groups is 2. The number of hydrogen-bond donors (Lipinski definition) is 2. The zero-order chi connectivity index (χ0) is 21.1. The van der Waals surface area contributed by atoms with Crippen LogP contribution in [0, 0.1) is 0 Å². The summed E-state index contributed by atoms with van der Waals surface area (Å²) in [4.78, 5) is 0.0561. The number of phenols is 2. The molecule has 0 spiro atoms. The molecule has 5 nitrogen and oxygen atoms in total. The Hall–Kier alpha value is 0.0900. The zero-order valence-electron chi connectivity index (χ0n) is 14.2. The molecule has 0 saturated heterocycles. The van der Waals surface area contributed by atoms with Gasteiger partial charge in [-0.25, -0.2) is 4.18 Å². The average molecular weight is 694 g/mol. The van der Waals surface area contributed by atoms with Gasteiger partial charge in [-0.3, -0.25) is 0 Å². The molecule has 0 amide bonds. The first-order valence-electron chi connectivity index (χ1n) is 8.00. The van der Waals surface area contributed by atoms with E-state index in [0.717, 1.165) is 0 Å². The van der Waals surface area contributed by atoms with E-state index >= 15 is 0 Å². The van der Waals surface area contributed by atoms with Gasteiger partial charge in [-0.05, 0) is 105 Å². The second kappa shape index (κ2) is 8.79. The summed E-state index contributed by atoms with van der Waals surface area (Å²) >= 11 is 13.2. The van der Waals surface area contributed by atoms with Gasteiger partial charge in [-0.1, -0.05) is 18.2 Å². The predicted molar refractivity (Wildman–Crippen MR) is 129 cm³/mol. The maximum atomic E-state index is 12.9. The van der Waals surface area contributed by atoms with Gasteiger partial charge in [0.25, 0.3) is 10.1 Å². The minimum absolute atomic E-state index is 0. The molecule has 3 aromatic rings. The molecule has 0 bridgehead atoms. The third-order valence-corrected chi connectivity index (χ3v) is 8.40. The van der Waals surface area contributed by atoms with Crippen molar-refractivity contribution in [3.05, 3.63) is 83.1 Å². The van der Waals surface area contributed by atoms with Crippen molar-refractivity contribution in [2.45, 2.75) is 10.5 Å². The van der Waals surface area contributed by atoms with Crippen LogP contribution in [0.25, 0.3) is 0 Å². The maximum absolute atomic E-state index is 12.9. The molecule has 1 aliphatic rings. The average Bonchev–Trinajstić information content (AvgIpc) is 2.92. The molecule has 0 aliphatic carbocycles. The molecular weight excluding hydrogens is 683 g/mol. The first-order valence-corrected chi connectivity index (χ1v) is 12.6. The second-order valence-electron chi connectivity index (χ2n) is 6.29. The van der Waals surface area contributed by atoms with Gasteiger partial charge in [0.2, 0.25) is 0 Å². The standard InChI is InChI=1S/C19H10Br4O5S.Na.H/c20-12-5-9(6-13(21)17(12)24)19(10-7-14(22)18(25)15(23)8-10)11-3-1-2-4-16(11)29(26,27)28-19;;/h1-8,24-25H;;. The Kier molecular flexibility index (Phi) is 7.25. The van der Waals surface area contributed by atoms with Gasteiger partial charge in [0.15, 0.2) is 5.60 Å². The van der Waals surface area contributed by atoms with Gasteiger partial charge in [0.1, 0.15) is 16.4 Å². The number of rotatable bonds is 2. The molecule has 11 heteroatoms. The van der Waals surface area contributed by atoms with Gasteiger partial charge in [-0.2, -0.15) is 8.42 Å². The predicted octanol–water partition coefficient (Wildman–Crippen LogP) is 5.51. The van der Waals surface area contributed by atoms with Crippen molar-refractivity contribution in [2.24, 2.45) is 0 Å². The first kappa shape index (κ1) is 24.7. The summed E-state index contributed by atoms with van der Waals surface area (Å²) in [5.41, 5.74) is -0.180. The van der Waals surface area contributed by atoms with Crippen LogP contribution in [0.4, 0.5) is 0 Å². The van der Waals surface area contributed by atoms with Crippen molar-refractivity contribution in [3.8, 4) is 11.5 Å². The van der Waals surface area contributed by atoms with Crippen LogP contribution in [0.2, 0.25) is 0 Å². The molecule has 3 aromatic carbocycles. The molecule has 0 unspecified atom stereocenters. The number of hydrogen-bond acceptors (Lipinski definition) is 5. The number of halogens is 4. The van der Waals surface area contributed by atoms with E-state index in [4.69, 9.17) is 4.18 Å². The first-order chi connectivity index (χ1) is 13.6. The van der Waals surface area contributed by atoms with Crippen molar-refractivity contribution in [3.63, 3.8) is 0 Å². The van der Waals surface area contributed by atoms with E-state index < -0.39 is 15.7 Å². The Morgan fingerprint density at radius 3 is 1.60 bits per heavy atom. The number of benzene rings is 3. The third-order valence-electron chi connectivity index (χ3n) is 4.62. The molecule has 2 N–H and O–H groups in total. The van der Waals surface area contributed by atoms with Crippen molar-refractivity contribution in [2.75, 3.05) is 0 Å². The fourth-order valence-electron chi connectivity index (χ4n) is 3.34. The molecule has 1 aliphatic heterocycles. The molecular formula is C19H11Br4NaO5S. The molecule has 30 heavy (non-hydrogen) atoms. The fourth-order valence-corrected chi connectivity index (χ4v) is 7.14. The van der Waals surface area contributed by atoms with Gasteiger partial charge in [0.05, 0.1) is 17.9 Å². The molecule has 152 valence electrons. The van der Waals surface area contributed by atoms with Crippen LogP contribution in [0.5, 0.6) is 11.5 Å². The van der Waals surface area contributed by atoms with Gasteiger partial charge in [-0.15, -0.1) is 0 Å². The fraction of sp³-hybridized carbons (Fsp3) is 0.0526. The van der Waals surface area contributed by atoms with Crippen LogP contribution in [-0.4, -0.2) is 48.2 Å². The monoisotopic (exact) mass is 690 g/mol. The second-order valence-corrected chi connectivity index (χ2v) is 11.2. The Balaban J connectivity index is 0.00000256. The summed E-state index contributed by atoms with van der Waals surface area (Å²) in [6.45, 7) is 0. The summed E-state index contributed by atoms with van der Waals surface area (Å²) in [7, 11) is -4.07. The van der Waals surface area contributed by atoms with Gasteiger partial charge in [0, 0.05) is 5.56 Å². The van der Waals surface area contributed by atoms with E-state index in [2.05, 4.69) is 63.7 Å². The topological polar surface area (TPSA) is 83.8 Å². The minimum atomic E-state index is -4.07. The van der Waals surface area contributed by atoms with Crippen LogP contribution in [0.15, 0.2) is 71.3 Å². The summed E-state index contributed by atoms with van der Waals surface area (Å²) in [6.07, 6.45) is 0.